The molecule has 0 aromatic heterocycles. The molecule has 1 aliphatic rings. The van der Waals surface area contributed by atoms with Crippen LogP contribution < -0.4 is 9.62 Å². The Kier molecular flexibility index (Phi) is 12.1. The topological polar surface area (TPSA) is 86.8 Å². The number of hydrogen-bond acceptors (Lipinski definition) is 4. The fourth-order valence-corrected chi connectivity index (χ4v) is 7.72. The summed E-state index contributed by atoms with van der Waals surface area (Å²) >= 11 is 18.7. The lowest BCUT2D eigenvalue weighted by atomic mass is 9.94. The second-order valence-electron chi connectivity index (χ2n) is 12.1. The minimum Gasteiger partial charge on any atom is -0.352 e. The fraction of sp³-hybridized carbons (Fsp3) is 0.297. The van der Waals surface area contributed by atoms with Gasteiger partial charge in [0, 0.05) is 24.0 Å². The minimum atomic E-state index is -4.27. The smallest absolute Gasteiger partial charge is 0.264 e. The van der Waals surface area contributed by atoms with Crippen molar-refractivity contribution in [2.24, 2.45) is 0 Å². The molecule has 7 nitrogen and oxygen atoms in total. The minimum absolute atomic E-state index is 0.00614. The number of nitrogens with zero attached hydrogens (tertiary/aromatic N) is 2. The Labute approximate surface area is 297 Å². The Morgan fingerprint density at radius 3 is 2.12 bits per heavy atom. The molecule has 1 N–H and O–H groups in total. The van der Waals surface area contributed by atoms with Gasteiger partial charge in [-0.2, -0.15) is 0 Å². The van der Waals surface area contributed by atoms with Gasteiger partial charge >= 0.3 is 0 Å². The van der Waals surface area contributed by atoms with E-state index in [1.54, 1.807) is 36.4 Å². The highest BCUT2D eigenvalue weighted by Gasteiger charge is 2.35. The molecule has 48 heavy (non-hydrogen) atoms. The zero-order valence-electron chi connectivity index (χ0n) is 26.6. The van der Waals surface area contributed by atoms with Crippen molar-refractivity contribution in [2.45, 2.75) is 69.0 Å². The third-order valence-corrected chi connectivity index (χ3v) is 11.3. The molecule has 5 rings (SSSR count). The van der Waals surface area contributed by atoms with Crippen LogP contribution >= 0.6 is 34.8 Å². The van der Waals surface area contributed by atoms with E-state index in [2.05, 4.69) is 5.32 Å². The normalized spacial score (nSPS) is 14.2. The third kappa shape index (κ3) is 9.11. The number of hydrogen-bond donors (Lipinski definition) is 1. The summed E-state index contributed by atoms with van der Waals surface area (Å²) < 4.78 is 29.5. The Morgan fingerprint density at radius 2 is 1.48 bits per heavy atom. The fourth-order valence-electron chi connectivity index (χ4n) is 5.89. The van der Waals surface area contributed by atoms with E-state index >= 15 is 0 Å². The molecule has 0 heterocycles. The Hall–Kier alpha value is -3.56. The average molecular weight is 727 g/mol. The first-order valence-electron chi connectivity index (χ1n) is 15.9. The van der Waals surface area contributed by atoms with E-state index in [9.17, 15) is 18.0 Å². The number of benzene rings is 4. The molecule has 1 fully saturated rings. The Balaban J connectivity index is 1.57. The lowest BCUT2D eigenvalue weighted by Crippen LogP contribution is -2.55. The number of carbonyl (C=O) groups is 2. The van der Waals surface area contributed by atoms with Gasteiger partial charge in [-0.25, -0.2) is 8.42 Å². The molecule has 4 aromatic rings. The molecule has 0 spiro atoms. The molecule has 1 aliphatic carbocycles. The van der Waals surface area contributed by atoms with Gasteiger partial charge in [-0.1, -0.05) is 114 Å². The monoisotopic (exact) mass is 725 g/mol. The highest BCUT2D eigenvalue weighted by Crippen LogP contribution is 2.31. The maximum Gasteiger partial charge on any atom is 0.264 e. The molecule has 1 saturated carbocycles. The number of carbonyl (C=O) groups excluding carboxylic acids is 2. The predicted molar refractivity (Wildman–Crippen MR) is 193 cm³/mol. The maximum atomic E-state index is 14.7. The third-order valence-electron chi connectivity index (χ3n) is 8.57. The molecule has 2 amide bonds. The number of halogens is 3. The van der Waals surface area contributed by atoms with Gasteiger partial charge in [0.05, 0.1) is 20.6 Å². The molecular formula is C37H38Cl3N3O4S. The summed E-state index contributed by atoms with van der Waals surface area (Å²) in [5.41, 5.74) is 2.64. The molecule has 4 aromatic carbocycles. The molecule has 252 valence electrons. The summed E-state index contributed by atoms with van der Waals surface area (Å²) in [4.78, 5) is 30.4. The molecule has 1 atom stereocenters. The Morgan fingerprint density at radius 1 is 0.812 bits per heavy atom. The summed E-state index contributed by atoms with van der Waals surface area (Å²) in [6, 6.07) is 26.4. The molecule has 0 aliphatic heterocycles. The van der Waals surface area contributed by atoms with E-state index in [1.165, 1.54) is 35.2 Å². The summed E-state index contributed by atoms with van der Waals surface area (Å²) in [5.74, 6) is -0.845. The van der Waals surface area contributed by atoms with Crippen molar-refractivity contribution in [1.82, 2.24) is 10.2 Å². The lowest BCUT2D eigenvalue weighted by molar-refractivity contribution is -0.140. The summed E-state index contributed by atoms with van der Waals surface area (Å²) in [7, 11) is -4.27. The van der Waals surface area contributed by atoms with E-state index in [0.717, 1.165) is 53.1 Å². The van der Waals surface area contributed by atoms with Gasteiger partial charge in [-0.15, -0.1) is 0 Å². The van der Waals surface area contributed by atoms with Crippen LogP contribution in [0.2, 0.25) is 15.1 Å². The molecule has 1 unspecified atom stereocenters. The van der Waals surface area contributed by atoms with Crippen molar-refractivity contribution < 1.29 is 18.0 Å². The highest BCUT2D eigenvalue weighted by molar-refractivity contribution is 7.92. The van der Waals surface area contributed by atoms with Crippen molar-refractivity contribution in [3.8, 4) is 0 Å². The van der Waals surface area contributed by atoms with Crippen LogP contribution in [0.5, 0.6) is 0 Å². The zero-order chi connectivity index (χ0) is 34.3. The summed E-state index contributed by atoms with van der Waals surface area (Å²) in [5, 5.41) is 4.12. The number of sulfonamides is 1. The van der Waals surface area contributed by atoms with Crippen molar-refractivity contribution in [3.05, 3.63) is 129 Å². The molecule has 0 bridgehead atoms. The van der Waals surface area contributed by atoms with Crippen molar-refractivity contribution in [2.75, 3.05) is 10.8 Å². The van der Waals surface area contributed by atoms with Crippen molar-refractivity contribution in [3.63, 3.8) is 0 Å². The molecular weight excluding hydrogens is 689 g/mol. The van der Waals surface area contributed by atoms with E-state index in [-0.39, 0.29) is 45.5 Å². The van der Waals surface area contributed by atoms with Gasteiger partial charge in [-0.05, 0) is 73.4 Å². The maximum absolute atomic E-state index is 14.7. The number of anilines is 1. The van der Waals surface area contributed by atoms with Crippen LogP contribution in [-0.4, -0.2) is 43.8 Å². The average Bonchev–Trinajstić information content (AvgIpc) is 3.08. The largest absolute Gasteiger partial charge is 0.352 e. The number of nitrogens with one attached hydrogen (secondary N) is 1. The van der Waals surface area contributed by atoms with Crippen LogP contribution in [-0.2, 0) is 32.6 Å². The first-order chi connectivity index (χ1) is 23.0. The van der Waals surface area contributed by atoms with E-state index in [0.29, 0.717) is 5.02 Å². The van der Waals surface area contributed by atoms with E-state index < -0.39 is 28.5 Å². The van der Waals surface area contributed by atoms with Crippen molar-refractivity contribution in [1.29, 1.82) is 0 Å². The van der Waals surface area contributed by atoms with Crippen molar-refractivity contribution >= 4 is 62.3 Å². The summed E-state index contributed by atoms with van der Waals surface area (Å²) in [6.45, 7) is 1.31. The van der Waals surface area contributed by atoms with Crippen LogP contribution in [0.4, 0.5) is 5.69 Å². The first-order valence-corrected chi connectivity index (χ1v) is 18.5. The standard InChI is InChI=1S/C37H38Cl3N3O4S/c1-26-12-19-32(20-13-26)48(46,47)43(31-18-21-33(39)34(40)23-31)25-36(44)42(24-28-14-16-29(38)17-15-28)35(22-27-8-4-2-5-9-27)37(45)41-30-10-6-3-7-11-30/h2,4-5,8-9,12-21,23,30,35H,3,6-7,10-11,22,24-25H2,1H3,(H,41,45). The van der Waals surface area contributed by atoms with E-state index in [1.807, 2.05) is 37.3 Å². The number of rotatable bonds is 12. The number of amides is 2. The van der Waals surface area contributed by atoms with Gasteiger partial charge < -0.3 is 10.2 Å². The molecule has 11 heteroatoms. The lowest BCUT2D eigenvalue weighted by Gasteiger charge is -2.35. The van der Waals surface area contributed by atoms with Gasteiger partial charge in [0.1, 0.15) is 12.6 Å². The zero-order valence-corrected chi connectivity index (χ0v) is 29.7. The van der Waals surface area contributed by atoms with Gasteiger partial charge in [0.2, 0.25) is 11.8 Å². The van der Waals surface area contributed by atoms with Gasteiger partial charge in [0.15, 0.2) is 0 Å². The van der Waals surface area contributed by atoms with Crippen LogP contribution in [0.25, 0.3) is 0 Å². The van der Waals surface area contributed by atoms with E-state index in [4.69, 9.17) is 34.8 Å². The quantitative estimate of drug-likeness (QED) is 0.159. The van der Waals surface area contributed by atoms with Gasteiger partial charge in [-0.3, -0.25) is 13.9 Å². The SMILES string of the molecule is Cc1ccc(S(=O)(=O)N(CC(=O)N(Cc2ccc(Cl)cc2)C(Cc2ccccc2)C(=O)NC2CCCCC2)c2ccc(Cl)c(Cl)c2)cc1. The van der Waals surface area contributed by atoms with Crippen LogP contribution in [0.3, 0.4) is 0 Å². The van der Waals surface area contributed by atoms with Crippen LogP contribution in [0.1, 0.15) is 48.8 Å². The second-order valence-corrected chi connectivity index (χ2v) is 15.2. The van der Waals surface area contributed by atoms with Crippen LogP contribution in [0.15, 0.2) is 102 Å². The first kappa shape index (κ1) is 35.7. The Bertz CT molecular complexity index is 1820. The summed E-state index contributed by atoms with van der Waals surface area (Å²) in [6.07, 6.45) is 5.15. The highest BCUT2D eigenvalue weighted by atomic mass is 35.5. The molecule has 0 saturated heterocycles. The number of aryl methyl sites for hydroxylation is 1. The predicted octanol–water partition coefficient (Wildman–Crippen LogP) is 8.24. The van der Waals surface area contributed by atoms with Gasteiger partial charge in [0.25, 0.3) is 10.0 Å². The molecule has 0 radical (unpaired) electrons. The van der Waals surface area contributed by atoms with Crippen LogP contribution in [0, 0.1) is 6.92 Å². The second kappa shape index (κ2) is 16.2.